The largest absolute Gasteiger partial charge is 0.378 e. The van der Waals surface area contributed by atoms with Crippen LogP contribution in [-0.2, 0) is 4.74 Å². The summed E-state index contributed by atoms with van der Waals surface area (Å²) in [5, 5.41) is 5.47. The molecule has 130 valence electrons. The van der Waals surface area contributed by atoms with E-state index in [0.29, 0.717) is 43.2 Å². The van der Waals surface area contributed by atoms with Crippen molar-refractivity contribution in [2.24, 2.45) is 0 Å². The zero-order valence-electron chi connectivity index (χ0n) is 13.5. The summed E-state index contributed by atoms with van der Waals surface area (Å²) < 4.78 is 18.1. The normalized spacial score (nSPS) is 14.0. The van der Waals surface area contributed by atoms with Crippen LogP contribution in [0.2, 0.25) is 0 Å². The summed E-state index contributed by atoms with van der Waals surface area (Å²) >= 11 is 0. The van der Waals surface area contributed by atoms with Gasteiger partial charge in [0.2, 0.25) is 0 Å². The molecule has 1 saturated heterocycles. The molecule has 0 radical (unpaired) electrons. The highest BCUT2D eigenvalue weighted by Gasteiger charge is 2.16. The number of anilines is 2. The van der Waals surface area contributed by atoms with E-state index in [1.165, 1.54) is 24.3 Å². The van der Waals surface area contributed by atoms with Gasteiger partial charge in [0, 0.05) is 30.0 Å². The van der Waals surface area contributed by atoms with Gasteiger partial charge in [0.25, 0.3) is 5.91 Å². The van der Waals surface area contributed by atoms with Gasteiger partial charge in [-0.25, -0.2) is 9.18 Å². The second kappa shape index (κ2) is 7.76. The molecular weight excluding hydrogens is 325 g/mol. The number of halogens is 1. The van der Waals surface area contributed by atoms with Crippen LogP contribution in [0.1, 0.15) is 10.4 Å². The van der Waals surface area contributed by atoms with E-state index in [2.05, 4.69) is 10.6 Å². The van der Waals surface area contributed by atoms with Gasteiger partial charge in [-0.15, -0.1) is 0 Å². The zero-order valence-corrected chi connectivity index (χ0v) is 13.5. The predicted octanol–water partition coefficient (Wildman–Crippen LogP) is 2.94. The smallest absolute Gasteiger partial charge is 0.321 e. The van der Waals surface area contributed by atoms with Crippen LogP contribution in [0.15, 0.2) is 48.5 Å². The molecule has 7 heteroatoms. The van der Waals surface area contributed by atoms with Crippen LogP contribution in [0, 0.1) is 5.82 Å². The molecule has 0 bridgehead atoms. The number of hydrogen-bond donors (Lipinski definition) is 2. The number of nitrogens with one attached hydrogen (secondary N) is 2. The van der Waals surface area contributed by atoms with Crippen molar-refractivity contribution in [2.75, 3.05) is 36.9 Å². The average Bonchev–Trinajstić information content (AvgIpc) is 2.65. The first-order valence-corrected chi connectivity index (χ1v) is 7.92. The quantitative estimate of drug-likeness (QED) is 0.900. The van der Waals surface area contributed by atoms with Gasteiger partial charge >= 0.3 is 6.03 Å². The minimum absolute atomic E-state index is 0.188. The molecule has 6 nitrogen and oxygen atoms in total. The molecule has 1 aliphatic heterocycles. The van der Waals surface area contributed by atoms with Gasteiger partial charge < -0.3 is 20.3 Å². The van der Waals surface area contributed by atoms with Crippen molar-refractivity contribution in [3.05, 3.63) is 59.9 Å². The van der Waals surface area contributed by atoms with Crippen molar-refractivity contribution < 1.29 is 18.7 Å². The van der Waals surface area contributed by atoms with Crippen molar-refractivity contribution in [3.63, 3.8) is 0 Å². The van der Waals surface area contributed by atoms with Crippen LogP contribution in [0.4, 0.5) is 20.6 Å². The third-order valence-electron chi connectivity index (χ3n) is 3.80. The summed E-state index contributed by atoms with van der Waals surface area (Å²) in [5.74, 6) is -0.670. The molecule has 2 aromatic carbocycles. The fourth-order valence-electron chi connectivity index (χ4n) is 2.41. The van der Waals surface area contributed by atoms with Crippen LogP contribution in [0.3, 0.4) is 0 Å². The molecule has 2 N–H and O–H groups in total. The SMILES string of the molecule is O=C(Nc1ccc(F)cc1)c1ccc(NC(=O)N2CCOCC2)cc1. The van der Waals surface area contributed by atoms with Gasteiger partial charge in [0.05, 0.1) is 13.2 Å². The third kappa shape index (κ3) is 4.54. The van der Waals surface area contributed by atoms with Crippen molar-refractivity contribution >= 4 is 23.3 Å². The summed E-state index contributed by atoms with van der Waals surface area (Å²) in [6.07, 6.45) is 0. The van der Waals surface area contributed by atoms with Crippen LogP contribution >= 0.6 is 0 Å². The summed E-state index contributed by atoms with van der Waals surface area (Å²) in [6, 6.07) is 11.9. The molecule has 0 saturated carbocycles. The van der Waals surface area contributed by atoms with Gasteiger partial charge in [-0.1, -0.05) is 0 Å². The Morgan fingerprint density at radius 2 is 1.44 bits per heavy atom. The van der Waals surface area contributed by atoms with Gasteiger partial charge in [0.1, 0.15) is 5.82 Å². The van der Waals surface area contributed by atoms with E-state index in [-0.39, 0.29) is 17.8 Å². The highest BCUT2D eigenvalue weighted by Crippen LogP contribution is 2.14. The molecule has 1 heterocycles. The number of urea groups is 1. The molecule has 0 spiro atoms. The van der Waals surface area contributed by atoms with Crippen LogP contribution in [0.5, 0.6) is 0 Å². The third-order valence-corrected chi connectivity index (χ3v) is 3.80. The number of carbonyl (C=O) groups is 2. The second-order valence-electron chi connectivity index (χ2n) is 5.57. The summed E-state index contributed by atoms with van der Waals surface area (Å²) in [4.78, 5) is 25.9. The molecule has 1 aliphatic rings. The maximum Gasteiger partial charge on any atom is 0.321 e. The van der Waals surface area contributed by atoms with Gasteiger partial charge in [-0.05, 0) is 48.5 Å². The van der Waals surface area contributed by atoms with Crippen LogP contribution in [0.25, 0.3) is 0 Å². The number of benzene rings is 2. The molecule has 3 amide bonds. The van der Waals surface area contributed by atoms with Crippen molar-refractivity contribution in [1.82, 2.24) is 4.90 Å². The lowest BCUT2D eigenvalue weighted by Crippen LogP contribution is -2.43. The topological polar surface area (TPSA) is 70.7 Å². The Bertz CT molecular complexity index is 741. The Kier molecular flexibility index (Phi) is 5.25. The average molecular weight is 343 g/mol. The lowest BCUT2D eigenvalue weighted by Gasteiger charge is -2.26. The molecule has 1 fully saturated rings. The van der Waals surface area contributed by atoms with E-state index >= 15 is 0 Å². The number of amides is 3. The molecular formula is C18H18FN3O3. The summed E-state index contributed by atoms with van der Waals surface area (Å²) in [5.41, 5.74) is 1.56. The van der Waals surface area contributed by atoms with Crippen molar-refractivity contribution in [2.45, 2.75) is 0 Å². The Balaban J connectivity index is 1.58. The van der Waals surface area contributed by atoms with Crippen molar-refractivity contribution in [3.8, 4) is 0 Å². The molecule has 0 unspecified atom stereocenters. The van der Waals surface area contributed by atoms with E-state index < -0.39 is 0 Å². The predicted molar refractivity (Wildman–Crippen MR) is 92.2 cm³/mol. The van der Waals surface area contributed by atoms with E-state index in [1.54, 1.807) is 29.2 Å². The molecule has 25 heavy (non-hydrogen) atoms. The Hall–Kier alpha value is -2.93. The lowest BCUT2D eigenvalue weighted by atomic mass is 10.2. The first kappa shape index (κ1) is 16.9. The van der Waals surface area contributed by atoms with Gasteiger partial charge in [0.15, 0.2) is 0 Å². The van der Waals surface area contributed by atoms with Crippen molar-refractivity contribution in [1.29, 1.82) is 0 Å². The fourth-order valence-corrected chi connectivity index (χ4v) is 2.41. The molecule has 2 aromatic rings. The maximum atomic E-state index is 12.9. The summed E-state index contributed by atoms with van der Waals surface area (Å²) in [6.45, 7) is 2.19. The molecule has 0 atom stereocenters. The van der Waals surface area contributed by atoms with E-state index in [0.717, 1.165) is 0 Å². The standard InChI is InChI=1S/C18H18FN3O3/c19-14-3-7-15(8-4-14)20-17(23)13-1-5-16(6-2-13)21-18(24)22-9-11-25-12-10-22/h1-8H,9-12H2,(H,20,23)(H,21,24). The highest BCUT2D eigenvalue weighted by molar-refractivity contribution is 6.04. The maximum absolute atomic E-state index is 12.9. The number of rotatable bonds is 3. The molecule has 0 aliphatic carbocycles. The Morgan fingerprint density at radius 3 is 2.08 bits per heavy atom. The first-order valence-electron chi connectivity index (χ1n) is 7.92. The highest BCUT2D eigenvalue weighted by atomic mass is 19.1. The Morgan fingerprint density at radius 1 is 0.880 bits per heavy atom. The number of morpholine rings is 1. The molecule has 3 rings (SSSR count). The number of nitrogens with zero attached hydrogens (tertiary/aromatic N) is 1. The minimum atomic E-state index is -0.363. The zero-order chi connectivity index (χ0) is 17.6. The summed E-state index contributed by atoms with van der Waals surface area (Å²) in [7, 11) is 0. The van der Waals surface area contributed by atoms with Crippen LogP contribution < -0.4 is 10.6 Å². The van der Waals surface area contributed by atoms with E-state index in [9.17, 15) is 14.0 Å². The fraction of sp³-hybridized carbons (Fsp3) is 0.222. The van der Waals surface area contributed by atoms with Gasteiger partial charge in [-0.2, -0.15) is 0 Å². The van der Waals surface area contributed by atoms with E-state index in [1.807, 2.05) is 0 Å². The Labute approximate surface area is 144 Å². The monoisotopic (exact) mass is 343 g/mol. The van der Waals surface area contributed by atoms with E-state index in [4.69, 9.17) is 4.74 Å². The number of ether oxygens (including phenoxy) is 1. The number of carbonyl (C=O) groups excluding carboxylic acids is 2. The number of hydrogen-bond acceptors (Lipinski definition) is 3. The first-order chi connectivity index (χ1) is 12.1. The molecule has 0 aromatic heterocycles. The lowest BCUT2D eigenvalue weighted by molar-refractivity contribution is 0.0564. The van der Waals surface area contributed by atoms with Gasteiger partial charge in [-0.3, -0.25) is 4.79 Å². The van der Waals surface area contributed by atoms with Crippen LogP contribution in [-0.4, -0.2) is 43.1 Å². The minimum Gasteiger partial charge on any atom is -0.378 e. The second-order valence-corrected chi connectivity index (χ2v) is 5.57.